The van der Waals surface area contributed by atoms with Gasteiger partial charge in [0.25, 0.3) is 5.91 Å². The number of rotatable bonds is 9. The van der Waals surface area contributed by atoms with Crippen molar-refractivity contribution in [2.24, 2.45) is 5.10 Å². The van der Waals surface area contributed by atoms with E-state index in [9.17, 15) is 14.4 Å². The molecule has 0 saturated carbocycles. The third kappa shape index (κ3) is 7.60. The maximum absolute atomic E-state index is 12.1. The molecule has 0 aliphatic heterocycles. The second kappa shape index (κ2) is 12.4. The highest BCUT2D eigenvalue weighted by molar-refractivity contribution is 6.39. The number of hydrazone groups is 1. The highest BCUT2D eigenvalue weighted by atomic mass is 16.5. The Morgan fingerprint density at radius 1 is 0.829 bits per heavy atom. The van der Waals surface area contributed by atoms with Crippen LogP contribution in [0.25, 0.3) is 0 Å². The van der Waals surface area contributed by atoms with E-state index in [1.807, 2.05) is 0 Å². The molecule has 0 spiro atoms. The molecule has 35 heavy (non-hydrogen) atoms. The summed E-state index contributed by atoms with van der Waals surface area (Å²) in [6.07, 6.45) is 1.35. The zero-order chi connectivity index (χ0) is 25.0. The first-order valence-electron chi connectivity index (χ1n) is 10.4. The minimum absolute atomic E-state index is 0.202. The van der Waals surface area contributed by atoms with Crippen LogP contribution >= 0.6 is 0 Å². The zero-order valence-electron chi connectivity index (χ0n) is 19.1. The second-order valence-electron chi connectivity index (χ2n) is 6.99. The molecule has 3 rings (SSSR count). The van der Waals surface area contributed by atoms with E-state index in [1.54, 1.807) is 79.9 Å². The lowest BCUT2D eigenvalue weighted by molar-refractivity contribution is -0.136. The van der Waals surface area contributed by atoms with Crippen molar-refractivity contribution in [1.82, 2.24) is 5.43 Å². The van der Waals surface area contributed by atoms with Crippen LogP contribution in [0.2, 0.25) is 0 Å². The number of amides is 3. The Hall–Kier alpha value is -4.86. The Bertz CT molecular complexity index is 1210. The molecular weight excluding hydrogens is 452 g/mol. The number of anilines is 2. The molecule has 0 atom stereocenters. The van der Waals surface area contributed by atoms with E-state index in [2.05, 4.69) is 21.2 Å². The smallest absolute Gasteiger partial charge is 0.329 e. The Morgan fingerprint density at radius 2 is 1.60 bits per heavy atom. The summed E-state index contributed by atoms with van der Waals surface area (Å²) in [5, 5.41) is 8.97. The molecule has 0 saturated heterocycles. The Balaban J connectivity index is 1.48. The van der Waals surface area contributed by atoms with E-state index in [0.29, 0.717) is 34.2 Å². The average molecular weight is 476 g/mol. The molecule has 0 aromatic heterocycles. The number of hydrogen-bond acceptors (Lipinski definition) is 7. The first-order chi connectivity index (χ1) is 17.0. The molecule has 10 nitrogen and oxygen atoms in total. The molecule has 0 aliphatic rings. The monoisotopic (exact) mass is 476 g/mol. The minimum Gasteiger partial charge on any atom is -0.497 e. The summed E-state index contributed by atoms with van der Waals surface area (Å²) >= 11 is 0. The van der Waals surface area contributed by atoms with Crippen molar-refractivity contribution in [1.29, 1.82) is 0 Å². The highest BCUT2D eigenvalue weighted by Gasteiger charge is 2.15. The van der Waals surface area contributed by atoms with Gasteiger partial charge in [-0.15, -0.1) is 0 Å². The van der Waals surface area contributed by atoms with Gasteiger partial charge in [0.15, 0.2) is 6.61 Å². The minimum atomic E-state index is -0.949. The average Bonchev–Trinajstić information content (AvgIpc) is 2.88. The van der Waals surface area contributed by atoms with Gasteiger partial charge in [-0.3, -0.25) is 14.4 Å². The van der Waals surface area contributed by atoms with Crippen LogP contribution in [-0.2, 0) is 14.4 Å². The predicted octanol–water partition coefficient (Wildman–Crippen LogP) is 2.81. The van der Waals surface area contributed by atoms with Crippen molar-refractivity contribution in [3.05, 3.63) is 78.4 Å². The van der Waals surface area contributed by atoms with Gasteiger partial charge >= 0.3 is 11.8 Å². The molecule has 3 aromatic rings. The molecule has 3 aromatic carbocycles. The fraction of sp³-hybridized carbons (Fsp3) is 0.120. The van der Waals surface area contributed by atoms with Crippen LogP contribution in [0.3, 0.4) is 0 Å². The lowest BCUT2D eigenvalue weighted by Crippen LogP contribution is -2.32. The van der Waals surface area contributed by atoms with Crippen molar-refractivity contribution in [3.8, 4) is 17.2 Å². The maximum atomic E-state index is 12.1. The second-order valence-corrected chi connectivity index (χ2v) is 6.99. The van der Waals surface area contributed by atoms with Gasteiger partial charge in [-0.1, -0.05) is 24.3 Å². The number of benzene rings is 3. The molecule has 0 radical (unpaired) electrons. The van der Waals surface area contributed by atoms with Gasteiger partial charge in [-0.05, 0) is 54.1 Å². The number of methoxy groups -OCH3 is 2. The Morgan fingerprint density at radius 3 is 2.34 bits per heavy atom. The van der Waals surface area contributed by atoms with Crippen molar-refractivity contribution >= 4 is 35.3 Å². The Kier molecular flexibility index (Phi) is 8.78. The fourth-order valence-electron chi connectivity index (χ4n) is 2.85. The zero-order valence-corrected chi connectivity index (χ0v) is 19.1. The van der Waals surface area contributed by atoms with Crippen LogP contribution < -0.4 is 30.3 Å². The predicted molar refractivity (Wildman–Crippen MR) is 131 cm³/mol. The molecule has 0 aliphatic carbocycles. The summed E-state index contributed by atoms with van der Waals surface area (Å²) in [7, 11) is 3.02. The van der Waals surface area contributed by atoms with Gasteiger partial charge in [0.05, 0.1) is 26.1 Å². The van der Waals surface area contributed by atoms with E-state index in [4.69, 9.17) is 14.2 Å². The third-order valence-corrected chi connectivity index (χ3v) is 4.54. The van der Waals surface area contributed by atoms with Gasteiger partial charge in [0.2, 0.25) is 0 Å². The highest BCUT2D eigenvalue weighted by Crippen LogP contribution is 2.22. The quantitative estimate of drug-likeness (QED) is 0.248. The number of nitrogens with zero attached hydrogens (tertiary/aromatic N) is 1. The summed E-state index contributed by atoms with van der Waals surface area (Å²) in [5.74, 6) is -0.638. The van der Waals surface area contributed by atoms with E-state index in [0.717, 1.165) is 0 Å². The molecule has 10 heteroatoms. The number of carbonyl (C=O) groups excluding carboxylic acids is 3. The molecular formula is C25H24N4O6. The van der Waals surface area contributed by atoms with Gasteiger partial charge in [0, 0.05) is 5.69 Å². The summed E-state index contributed by atoms with van der Waals surface area (Å²) < 4.78 is 15.7. The van der Waals surface area contributed by atoms with Crippen LogP contribution in [0.5, 0.6) is 17.2 Å². The molecule has 0 fully saturated rings. The molecule has 3 N–H and O–H groups in total. The molecule has 0 bridgehead atoms. The fourth-order valence-corrected chi connectivity index (χ4v) is 2.85. The number of hydrogen-bond donors (Lipinski definition) is 3. The van der Waals surface area contributed by atoms with Crippen LogP contribution in [0.15, 0.2) is 77.9 Å². The molecule has 3 amide bonds. The van der Waals surface area contributed by atoms with Gasteiger partial charge in [-0.2, -0.15) is 5.10 Å². The lowest BCUT2D eigenvalue weighted by Gasteiger charge is -2.09. The number of nitrogens with one attached hydrogen (secondary N) is 3. The molecule has 0 unspecified atom stereocenters. The maximum Gasteiger partial charge on any atom is 0.329 e. The lowest BCUT2D eigenvalue weighted by atomic mass is 10.2. The van der Waals surface area contributed by atoms with E-state index in [-0.39, 0.29) is 12.5 Å². The number of carbonyl (C=O) groups is 3. The first kappa shape index (κ1) is 24.8. The van der Waals surface area contributed by atoms with Crippen LogP contribution in [0.4, 0.5) is 11.4 Å². The van der Waals surface area contributed by atoms with E-state index in [1.165, 1.54) is 13.3 Å². The van der Waals surface area contributed by atoms with Gasteiger partial charge < -0.3 is 24.8 Å². The topological polar surface area (TPSA) is 127 Å². The molecule has 180 valence electrons. The van der Waals surface area contributed by atoms with Gasteiger partial charge in [-0.25, -0.2) is 5.43 Å². The normalized spacial score (nSPS) is 10.3. The van der Waals surface area contributed by atoms with Crippen molar-refractivity contribution in [2.45, 2.75) is 0 Å². The summed E-state index contributed by atoms with van der Waals surface area (Å²) in [5.41, 5.74) is 3.72. The van der Waals surface area contributed by atoms with Crippen LogP contribution in [0.1, 0.15) is 5.56 Å². The van der Waals surface area contributed by atoms with E-state index < -0.39 is 11.8 Å². The summed E-state index contributed by atoms with van der Waals surface area (Å²) in [4.78, 5) is 36.2. The van der Waals surface area contributed by atoms with Crippen molar-refractivity contribution in [2.75, 3.05) is 31.5 Å². The van der Waals surface area contributed by atoms with E-state index >= 15 is 0 Å². The van der Waals surface area contributed by atoms with Gasteiger partial charge in [0.1, 0.15) is 17.2 Å². The number of para-hydroxylation sites is 2. The Labute approximate surface area is 201 Å². The summed E-state index contributed by atoms with van der Waals surface area (Å²) in [6, 6.07) is 20.3. The summed E-state index contributed by atoms with van der Waals surface area (Å²) in [6.45, 7) is -0.202. The van der Waals surface area contributed by atoms with Crippen LogP contribution in [-0.4, -0.2) is 44.8 Å². The first-order valence-corrected chi connectivity index (χ1v) is 10.4. The molecule has 0 heterocycles. The third-order valence-electron chi connectivity index (χ3n) is 4.54. The van der Waals surface area contributed by atoms with Crippen LogP contribution in [0, 0.1) is 0 Å². The van der Waals surface area contributed by atoms with Crippen molar-refractivity contribution < 1.29 is 28.6 Å². The number of ether oxygens (including phenoxy) is 3. The standard InChI is InChI=1S/C25H24N4O6/c1-33-19-12-10-18(11-13-19)27-23(30)16-35-20-7-5-6-17(14-20)15-26-29-25(32)24(31)28-21-8-3-4-9-22(21)34-2/h3-15H,16H2,1-2H3,(H,27,30)(H,28,31)(H,29,32)/b26-15-. The largest absolute Gasteiger partial charge is 0.497 e. The van der Waals surface area contributed by atoms with Crippen molar-refractivity contribution in [3.63, 3.8) is 0 Å². The SMILES string of the molecule is COc1ccc(NC(=O)COc2cccc(/C=N\NC(=O)C(=O)Nc3ccccc3OC)c2)cc1.